The summed E-state index contributed by atoms with van der Waals surface area (Å²) in [5.74, 6) is 0.109. The van der Waals surface area contributed by atoms with Crippen LogP contribution in [0.25, 0.3) is 0 Å². The highest BCUT2D eigenvalue weighted by Crippen LogP contribution is 2.43. The molecular weight excluding hydrogens is 308 g/mol. The quantitative estimate of drug-likeness (QED) is 0.803. The SMILES string of the molecule is CCOC(=O)C1CCC(Oc2ccc(C(=O)O)c(C3CC3)c2)CC1. The highest BCUT2D eigenvalue weighted by molar-refractivity contribution is 5.90. The molecule has 0 spiro atoms. The van der Waals surface area contributed by atoms with Gasteiger partial charge in [-0.3, -0.25) is 4.79 Å². The summed E-state index contributed by atoms with van der Waals surface area (Å²) in [6.07, 6.45) is 5.39. The van der Waals surface area contributed by atoms with Crippen LogP contribution in [0, 0.1) is 5.92 Å². The molecule has 0 heterocycles. The van der Waals surface area contributed by atoms with Gasteiger partial charge in [0, 0.05) is 0 Å². The van der Waals surface area contributed by atoms with E-state index in [1.54, 1.807) is 12.1 Å². The lowest BCUT2D eigenvalue weighted by Gasteiger charge is -2.28. The second-order valence-electron chi connectivity index (χ2n) is 6.67. The van der Waals surface area contributed by atoms with Gasteiger partial charge in [-0.2, -0.15) is 0 Å². The highest BCUT2D eigenvalue weighted by Gasteiger charge is 2.30. The van der Waals surface area contributed by atoms with Crippen molar-refractivity contribution >= 4 is 11.9 Å². The van der Waals surface area contributed by atoms with Crippen LogP contribution in [0.1, 0.15) is 67.3 Å². The third kappa shape index (κ3) is 3.89. The van der Waals surface area contributed by atoms with Gasteiger partial charge in [-0.15, -0.1) is 0 Å². The second-order valence-corrected chi connectivity index (χ2v) is 6.67. The van der Waals surface area contributed by atoms with Crippen molar-refractivity contribution in [3.8, 4) is 5.75 Å². The molecule has 1 aromatic carbocycles. The van der Waals surface area contributed by atoms with Gasteiger partial charge in [-0.05, 0) is 75.1 Å². The molecule has 2 saturated carbocycles. The first-order valence-corrected chi connectivity index (χ1v) is 8.79. The Morgan fingerprint density at radius 3 is 2.42 bits per heavy atom. The number of carbonyl (C=O) groups is 2. The van der Waals surface area contributed by atoms with Gasteiger partial charge in [0.2, 0.25) is 0 Å². The molecule has 0 amide bonds. The Bertz CT molecular complexity index is 612. The first-order chi connectivity index (χ1) is 11.6. The van der Waals surface area contributed by atoms with Crippen molar-refractivity contribution in [3.63, 3.8) is 0 Å². The van der Waals surface area contributed by atoms with Crippen LogP contribution in [0.5, 0.6) is 5.75 Å². The predicted octanol–water partition coefficient (Wildman–Crippen LogP) is 3.76. The van der Waals surface area contributed by atoms with E-state index >= 15 is 0 Å². The maximum absolute atomic E-state index is 11.8. The van der Waals surface area contributed by atoms with E-state index in [4.69, 9.17) is 9.47 Å². The molecule has 0 radical (unpaired) electrons. The Hall–Kier alpha value is -2.04. The molecule has 0 aromatic heterocycles. The summed E-state index contributed by atoms with van der Waals surface area (Å²) in [6.45, 7) is 2.25. The lowest BCUT2D eigenvalue weighted by atomic mass is 9.87. The van der Waals surface area contributed by atoms with Crippen LogP contribution in [0.15, 0.2) is 18.2 Å². The van der Waals surface area contributed by atoms with E-state index in [0.29, 0.717) is 18.1 Å². The molecule has 5 nitrogen and oxygen atoms in total. The highest BCUT2D eigenvalue weighted by atomic mass is 16.5. The van der Waals surface area contributed by atoms with Crippen LogP contribution in [0.2, 0.25) is 0 Å². The van der Waals surface area contributed by atoms with Gasteiger partial charge in [0.05, 0.1) is 24.2 Å². The smallest absolute Gasteiger partial charge is 0.335 e. The van der Waals surface area contributed by atoms with Gasteiger partial charge in [-0.1, -0.05) is 0 Å². The zero-order valence-corrected chi connectivity index (χ0v) is 14.0. The number of esters is 1. The Morgan fingerprint density at radius 1 is 1.12 bits per heavy atom. The van der Waals surface area contributed by atoms with Gasteiger partial charge in [0.25, 0.3) is 0 Å². The number of hydrogen-bond donors (Lipinski definition) is 1. The number of ether oxygens (including phenoxy) is 2. The molecule has 2 aliphatic carbocycles. The monoisotopic (exact) mass is 332 g/mol. The molecule has 0 aliphatic heterocycles. The van der Waals surface area contributed by atoms with Crippen LogP contribution in [0.3, 0.4) is 0 Å². The zero-order valence-electron chi connectivity index (χ0n) is 14.0. The lowest BCUT2D eigenvalue weighted by molar-refractivity contribution is -0.149. The van der Waals surface area contributed by atoms with E-state index in [-0.39, 0.29) is 18.0 Å². The van der Waals surface area contributed by atoms with E-state index < -0.39 is 5.97 Å². The first kappa shape index (κ1) is 16.8. The van der Waals surface area contributed by atoms with Crippen LogP contribution in [-0.2, 0) is 9.53 Å². The minimum absolute atomic E-state index is 0.0128. The van der Waals surface area contributed by atoms with Crippen LogP contribution in [-0.4, -0.2) is 29.8 Å². The summed E-state index contributed by atoms with van der Waals surface area (Å²) in [5.41, 5.74) is 1.27. The van der Waals surface area contributed by atoms with Crippen molar-refractivity contribution in [1.82, 2.24) is 0 Å². The fourth-order valence-corrected chi connectivity index (χ4v) is 3.41. The fourth-order valence-electron chi connectivity index (χ4n) is 3.41. The maximum atomic E-state index is 11.8. The Labute approximate surface area is 142 Å². The molecule has 0 bridgehead atoms. The van der Waals surface area contributed by atoms with Crippen molar-refractivity contribution in [1.29, 1.82) is 0 Å². The molecule has 2 fully saturated rings. The van der Waals surface area contributed by atoms with Gasteiger partial charge in [0.15, 0.2) is 0 Å². The number of carboxylic acid groups (broad SMARTS) is 1. The van der Waals surface area contributed by atoms with Crippen LogP contribution >= 0.6 is 0 Å². The average Bonchev–Trinajstić information content (AvgIpc) is 3.40. The fraction of sp³-hybridized carbons (Fsp3) is 0.579. The molecule has 24 heavy (non-hydrogen) atoms. The van der Waals surface area contributed by atoms with Crippen molar-refractivity contribution in [2.45, 2.75) is 57.5 Å². The molecule has 0 saturated heterocycles. The molecule has 2 aliphatic rings. The van der Waals surface area contributed by atoms with Gasteiger partial charge < -0.3 is 14.6 Å². The largest absolute Gasteiger partial charge is 0.490 e. The van der Waals surface area contributed by atoms with Gasteiger partial charge in [-0.25, -0.2) is 4.79 Å². The molecule has 1 aromatic rings. The van der Waals surface area contributed by atoms with Gasteiger partial charge in [0.1, 0.15) is 5.75 Å². The summed E-state index contributed by atoms with van der Waals surface area (Å²) in [4.78, 5) is 23.1. The predicted molar refractivity (Wildman–Crippen MR) is 88.4 cm³/mol. The van der Waals surface area contributed by atoms with Crippen molar-refractivity contribution in [2.24, 2.45) is 5.92 Å². The number of carboxylic acids is 1. The number of hydrogen-bond acceptors (Lipinski definition) is 4. The summed E-state index contributed by atoms with van der Waals surface area (Å²) < 4.78 is 11.1. The van der Waals surface area contributed by atoms with Crippen LogP contribution in [0.4, 0.5) is 0 Å². The van der Waals surface area contributed by atoms with Crippen molar-refractivity contribution in [2.75, 3.05) is 6.61 Å². The second kappa shape index (κ2) is 7.24. The standard InChI is InChI=1S/C19H24O5/c1-2-23-19(22)13-5-7-14(8-6-13)24-15-9-10-16(18(20)21)17(11-15)12-3-4-12/h9-14H,2-8H2,1H3,(H,20,21). The number of aromatic carboxylic acids is 1. The number of benzene rings is 1. The van der Waals surface area contributed by atoms with E-state index in [0.717, 1.165) is 49.8 Å². The summed E-state index contributed by atoms with van der Waals surface area (Å²) >= 11 is 0. The Morgan fingerprint density at radius 2 is 1.83 bits per heavy atom. The lowest BCUT2D eigenvalue weighted by Crippen LogP contribution is -2.29. The molecule has 3 rings (SSSR count). The Kier molecular flexibility index (Phi) is 5.07. The molecule has 1 N–H and O–H groups in total. The summed E-state index contributed by atoms with van der Waals surface area (Å²) in [6, 6.07) is 5.28. The molecule has 0 unspecified atom stereocenters. The molecule has 5 heteroatoms. The average molecular weight is 332 g/mol. The molecule has 0 atom stereocenters. The van der Waals surface area contributed by atoms with Crippen LogP contribution < -0.4 is 4.74 Å². The van der Waals surface area contributed by atoms with E-state index in [9.17, 15) is 14.7 Å². The maximum Gasteiger partial charge on any atom is 0.335 e. The molecular formula is C19H24O5. The Balaban J connectivity index is 1.60. The van der Waals surface area contributed by atoms with E-state index in [2.05, 4.69) is 0 Å². The minimum atomic E-state index is -0.876. The minimum Gasteiger partial charge on any atom is -0.490 e. The van der Waals surface area contributed by atoms with Crippen molar-refractivity contribution < 1.29 is 24.2 Å². The molecule has 130 valence electrons. The number of carbonyl (C=O) groups excluding carboxylic acids is 1. The summed E-state index contributed by atoms with van der Waals surface area (Å²) in [5, 5.41) is 9.29. The van der Waals surface area contributed by atoms with Crippen molar-refractivity contribution in [3.05, 3.63) is 29.3 Å². The third-order valence-electron chi connectivity index (χ3n) is 4.87. The normalized spacial score (nSPS) is 23.5. The van der Waals surface area contributed by atoms with E-state index in [1.807, 2.05) is 13.0 Å². The summed E-state index contributed by atoms with van der Waals surface area (Å²) in [7, 11) is 0. The van der Waals surface area contributed by atoms with Gasteiger partial charge >= 0.3 is 11.9 Å². The topological polar surface area (TPSA) is 72.8 Å². The zero-order chi connectivity index (χ0) is 17.1. The first-order valence-electron chi connectivity index (χ1n) is 8.79. The van der Waals surface area contributed by atoms with E-state index in [1.165, 1.54) is 0 Å². The number of rotatable bonds is 6. The third-order valence-corrected chi connectivity index (χ3v) is 4.87.